The van der Waals surface area contributed by atoms with E-state index in [1.807, 2.05) is 44.4 Å². The summed E-state index contributed by atoms with van der Waals surface area (Å²) in [5.74, 6) is 9.71. The Balaban J connectivity index is 2.88. The van der Waals surface area contributed by atoms with Crippen LogP contribution in [0.4, 0.5) is 0 Å². The summed E-state index contributed by atoms with van der Waals surface area (Å²) in [5, 5.41) is 0. The first kappa shape index (κ1) is 14.6. The van der Waals surface area contributed by atoms with Gasteiger partial charge in [-0.05, 0) is 26.2 Å². The van der Waals surface area contributed by atoms with E-state index in [1.165, 1.54) is 0 Å². The molecule has 1 unspecified atom stereocenters. The number of hydrogen-bond acceptors (Lipinski definition) is 1. The van der Waals surface area contributed by atoms with Gasteiger partial charge >= 0.3 is 0 Å². The number of benzene rings is 1. The van der Waals surface area contributed by atoms with Gasteiger partial charge in [0.25, 0.3) is 0 Å². The van der Waals surface area contributed by atoms with Crippen molar-refractivity contribution in [3.8, 4) is 23.3 Å². The van der Waals surface area contributed by atoms with Crippen molar-refractivity contribution in [2.45, 2.75) is 25.7 Å². The minimum atomic E-state index is -1.33. The third-order valence-electron chi connectivity index (χ3n) is 2.23. The molecule has 1 nitrogen and oxygen atoms in total. The molecule has 0 spiro atoms. The zero-order valence-electron chi connectivity index (χ0n) is 11.9. The molecule has 0 heterocycles. The zero-order valence-corrected chi connectivity index (χ0v) is 12.9. The van der Waals surface area contributed by atoms with Crippen molar-refractivity contribution < 1.29 is 0 Å². The van der Waals surface area contributed by atoms with Crippen LogP contribution in [0.15, 0.2) is 30.3 Å². The number of rotatable bonds is 1. The third-order valence-corrected chi connectivity index (χ3v) is 3.12. The van der Waals surface area contributed by atoms with Crippen molar-refractivity contribution in [1.29, 1.82) is 0 Å². The summed E-state index contributed by atoms with van der Waals surface area (Å²) in [6.07, 6.45) is 0. The third kappa shape index (κ3) is 5.73. The van der Waals surface area contributed by atoms with Gasteiger partial charge in [0.1, 0.15) is 14.1 Å². The summed E-state index contributed by atoms with van der Waals surface area (Å²) >= 11 is 0. The Bertz CT molecular complexity index is 489. The lowest BCUT2D eigenvalue weighted by Gasteiger charge is -2.13. The monoisotopic (exact) mass is 255 g/mol. The van der Waals surface area contributed by atoms with Crippen LogP contribution < -0.4 is 0 Å². The van der Waals surface area contributed by atoms with Crippen molar-refractivity contribution in [2.75, 3.05) is 14.1 Å². The predicted octanol–water partition coefficient (Wildman–Crippen LogP) is 2.85. The van der Waals surface area contributed by atoms with Crippen LogP contribution in [0.3, 0.4) is 0 Å². The van der Waals surface area contributed by atoms with E-state index in [2.05, 4.69) is 47.8 Å². The summed E-state index contributed by atoms with van der Waals surface area (Å²) in [5.41, 5.74) is 4.43. The summed E-state index contributed by atoms with van der Waals surface area (Å²) in [6, 6.07) is 10.1. The summed E-state index contributed by atoms with van der Waals surface area (Å²) in [4.78, 5) is 2.06. The number of hydrogen-bond donors (Lipinski definition) is 0. The van der Waals surface area contributed by atoms with Crippen molar-refractivity contribution >= 4 is 8.07 Å². The summed E-state index contributed by atoms with van der Waals surface area (Å²) < 4.78 is 0. The van der Waals surface area contributed by atoms with Crippen LogP contribution in [0.5, 0.6) is 0 Å². The van der Waals surface area contributed by atoms with E-state index in [-0.39, 0.29) is 6.04 Å². The van der Waals surface area contributed by atoms with Gasteiger partial charge in [0.15, 0.2) is 0 Å². The first-order chi connectivity index (χ1) is 8.38. The molecule has 2 heteroatoms. The molecule has 0 aliphatic carbocycles. The van der Waals surface area contributed by atoms with E-state index in [0.29, 0.717) is 0 Å². The lowest BCUT2D eigenvalue weighted by molar-refractivity contribution is 0.409. The van der Waals surface area contributed by atoms with Gasteiger partial charge in [-0.1, -0.05) is 55.6 Å². The van der Waals surface area contributed by atoms with Crippen LogP contribution in [0.1, 0.15) is 5.56 Å². The van der Waals surface area contributed by atoms with Gasteiger partial charge in [-0.2, -0.15) is 0 Å². The fraction of sp³-hybridized carbons (Fsp3) is 0.375. The SMILES string of the molecule is CN(C)C(C#Cc1ccccc1)C#C[Si](C)(C)C. The largest absolute Gasteiger partial charge is 0.286 e. The van der Waals surface area contributed by atoms with Crippen molar-refractivity contribution in [2.24, 2.45) is 0 Å². The molecule has 1 aromatic carbocycles. The van der Waals surface area contributed by atoms with Gasteiger partial charge in [-0.15, -0.1) is 5.54 Å². The van der Waals surface area contributed by atoms with Crippen LogP contribution in [0.2, 0.25) is 19.6 Å². The second kappa shape index (κ2) is 6.45. The molecule has 0 N–H and O–H groups in total. The Labute approximate surface area is 112 Å². The molecule has 1 rings (SSSR count). The van der Waals surface area contributed by atoms with Crippen molar-refractivity contribution in [3.63, 3.8) is 0 Å². The Morgan fingerprint density at radius 3 is 2.11 bits per heavy atom. The molecule has 0 aliphatic rings. The zero-order chi connectivity index (χ0) is 13.6. The molecule has 0 saturated heterocycles. The quantitative estimate of drug-likeness (QED) is 0.551. The minimum Gasteiger partial charge on any atom is -0.286 e. The highest BCUT2D eigenvalue weighted by Gasteiger charge is 2.09. The topological polar surface area (TPSA) is 3.24 Å². The van der Waals surface area contributed by atoms with E-state index in [0.717, 1.165) is 5.56 Å². The molecule has 0 fully saturated rings. The van der Waals surface area contributed by atoms with Gasteiger partial charge in [-0.25, -0.2) is 0 Å². The first-order valence-electron chi connectivity index (χ1n) is 6.14. The van der Waals surface area contributed by atoms with Gasteiger partial charge in [-0.3, -0.25) is 4.90 Å². The molecular formula is C16H21NSi. The van der Waals surface area contributed by atoms with Gasteiger partial charge in [0.05, 0.1) is 0 Å². The lowest BCUT2D eigenvalue weighted by Crippen LogP contribution is -2.26. The molecule has 0 aliphatic heterocycles. The fourth-order valence-electron chi connectivity index (χ4n) is 1.25. The second-order valence-electron chi connectivity index (χ2n) is 5.52. The fourth-order valence-corrected chi connectivity index (χ4v) is 1.82. The highest BCUT2D eigenvalue weighted by atomic mass is 28.3. The molecule has 1 atom stereocenters. The van der Waals surface area contributed by atoms with Crippen LogP contribution in [0.25, 0.3) is 0 Å². The Morgan fingerprint density at radius 1 is 1.00 bits per heavy atom. The van der Waals surface area contributed by atoms with E-state index in [9.17, 15) is 0 Å². The molecule has 18 heavy (non-hydrogen) atoms. The second-order valence-corrected chi connectivity index (χ2v) is 10.3. The highest BCUT2D eigenvalue weighted by Crippen LogP contribution is 1.99. The average Bonchev–Trinajstić information content (AvgIpc) is 2.28. The van der Waals surface area contributed by atoms with E-state index in [1.54, 1.807) is 0 Å². The van der Waals surface area contributed by atoms with Crippen LogP contribution in [0, 0.1) is 23.3 Å². The van der Waals surface area contributed by atoms with E-state index >= 15 is 0 Å². The maximum atomic E-state index is 3.38. The van der Waals surface area contributed by atoms with Gasteiger partial charge in [0, 0.05) is 5.56 Å². The van der Waals surface area contributed by atoms with Crippen LogP contribution in [-0.2, 0) is 0 Å². The van der Waals surface area contributed by atoms with Crippen molar-refractivity contribution in [1.82, 2.24) is 4.90 Å². The lowest BCUT2D eigenvalue weighted by atomic mass is 10.2. The first-order valence-corrected chi connectivity index (χ1v) is 9.64. The average molecular weight is 255 g/mol. The normalized spacial score (nSPS) is 12.1. The van der Waals surface area contributed by atoms with Crippen LogP contribution >= 0.6 is 0 Å². The Kier molecular flexibility index (Phi) is 5.22. The van der Waals surface area contributed by atoms with E-state index in [4.69, 9.17) is 0 Å². The molecule has 0 aromatic heterocycles. The molecule has 0 saturated carbocycles. The van der Waals surface area contributed by atoms with Gasteiger partial charge < -0.3 is 0 Å². The molecular weight excluding hydrogens is 234 g/mol. The molecule has 0 amide bonds. The molecule has 0 radical (unpaired) electrons. The highest BCUT2D eigenvalue weighted by molar-refractivity contribution is 6.83. The minimum absolute atomic E-state index is 0.0110. The molecule has 1 aromatic rings. The standard InChI is InChI=1S/C16H21NSi/c1-17(2)16(13-14-18(3,4)5)12-11-15-9-7-6-8-10-15/h6-10,16H,1-5H3. The van der Waals surface area contributed by atoms with Gasteiger partial charge in [0.2, 0.25) is 0 Å². The maximum absolute atomic E-state index is 3.38. The number of nitrogens with zero attached hydrogens (tertiary/aromatic N) is 1. The maximum Gasteiger partial charge on any atom is 0.133 e. The van der Waals surface area contributed by atoms with Crippen LogP contribution in [-0.4, -0.2) is 33.1 Å². The summed E-state index contributed by atoms with van der Waals surface area (Å²) in [6.45, 7) is 6.74. The Hall–Kier alpha value is -1.48. The molecule has 0 bridgehead atoms. The van der Waals surface area contributed by atoms with Crippen molar-refractivity contribution in [3.05, 3.63) is 35.9 Å². The smallest absolute Gasteiger partial charge is 0.133 e. The van der Waals surface area contributed by atoms with E-state index < -0.39 is 8.07 Å². The molecule has 94 valence electrons. The Morgan fingerprint density at radius 2 is 1.61 bits per heavy atom. The summed E-state index contributed by atoms with van der Waals surface area (Å²) in [7, 11) is 2.70. The predicted molar refractivity (Wildman–Crippen MR) is 81.9 cm³/mol.